The summed E-state index contributed by atoms with van der Waals surface area (Å²) in [5.41, 5.74) is 0. The number of alkyl halides is 1. The van der Waals surface area contributed by atoms with Gasteiger partial charge in [-0.15, -0.1) is 11.6 Å². The van der Waals surface area contributed by atoms with E-state index in [0.29, 0.717) is 11.8 Å². The summed E-state index contributed by atoms with van der Waals surface area (Å²) in [6.45, 7) is 0. The molecule has 90 valence electrons. The van der Waals surface area contributed by atoms with E-state index in [9.17, 15) is 0 Å². The number of nitrogens with one attached hydrogen (secondary N) is 1. The minimum Gasteiger partial charge on any atom is -0.366 e. The Labute approximate surface area is 104 Å². The van der Waals surface area contributed by atoms with Crippen LogP contribution < -0.4 is 5.32 Å². The van der Waals surface area contributed by atoms with E-state index >= 15 is 0 Å². The summed E-state index contributed by atoms with van der Waals surface area (Å²) in [6.07, 6.45) is 7.87. The van der Waals surface area contributed by atoms with Crippen LogP contribution in [0.4, 0.5) is 5.82 Å². The molecule has 2 unspecified atom stereocenters. The topological polar surface area (TPSA) is 55.1 Å². The highest BCUT2D eigenvalue weighted by atomic mass is 35.5. The summed E-state index contributed by atoms with van der Waals surface area (Å²) >= 11 is 6.33. The lowest BCUT2D eigenvalue weighted by atomic mass is 9.95. The van der Waals surface area contributed by atoms with Gasteiger partial charge in [-0.2, -0.15) is 14.6 Å². The Hall–Kier alpha value is -1.36. The maximum absolute atomic E-state index is 6.33. The smallest absolute Gasteiger partial charge is 0.254 e. The fraction of sp³-hybridized carbons (Fsp3) is 0.545. The van der Waals surface area contributed by atoms with Crippen molar-refractivity contribution in [2.45, 2.75) is 37.1 Å². The highest BCUT2D eigenvalue weighted by molar-refractivity contribution is 6.21. The largest absolute Gasteiger partial charge is 0.366 e. The van der Waals surface area contributed by atoms with Gasteiger partial charge in [-0.25, -0.2) is 4.98 Å². The Morgan fingerprint density at radius 1 is 1.29 bits per heavy atom. The molecule has 0 amide bonds. The molecule has 2 atom stereocenters. The first-order valence-electron chi connectivity index (χ1n) is 5.90. The van der Waals surface area contributed by atoms with Crippen LogP contribution in [0.15, 0.2) is 18.6 Å². The lowest BCUT2D eigenvalue weighted by Gasteiger charge is -2.28. The van der Waals surface area contributed by atoms with Crippen molar-refractivity contribution < 1.29 is 0 Å². The predicted molar refractivity (Wildman–Crippen MR) is 66.3 cm³/mol. The Morgan fingerprint density at radius 3 is 3.06 bits per heavy atom. The standard InChI is InChI=1S/C11H14ClN5/c12-8-3-1-2-4-9(8)16-10-5-6-13-11-14-7-15-17(10)11/h5-9,16H,1-4H2. The van der Waals surface area contributed by atoms with Gasteiger partial charge in [0.25, 0.3) is 5.78 Å². The number of halogens is 1. The summed E-state index contributed by atoms with van der Waals surface area (Å²) in [6, 6.07) is 2.21. The first-order chi connectivity index (χ1) is 8.34. The molecule has 0 bridgehead atoms. The predicted octanol–water partition coefficient (Wildman–Crippen LogP) is 2.09. The van der Waals surface area contributed by atoms with Crippen molar-refractivity contribution in [3.63, 3.8) is 0 Å². The minimum absolute atomic E-state index is 0.190. The second kappa shape index (κ2) is 4.49. The van der Waals surface area contributed by atoms with E-state index in [1.807, 2.05) is 6.07 Å². The summed E-state index contributed by atoms with van der Waals surface area (Å²) in [4.78, 5) is 8.19. The van der Waals surface area contributed by atoms with E-state index in [1.54, 1.807) is 10.7 Å². The minimum atomic E-state index is 0.190. The first-order valence-corrected chi connectivity index (χ1v) is 6.33. The second-order valence-corrected chi connectivity index (χ2v) is 4.91. The third kappa shape index (κ3) is 2.07. The van der Waals surface area contributed by atoms with Gasteiger partial charge in [0.05, 0.1) is 5.38 Å². The van der Waals surface area contributed by atoms with E-state index < -0.39 is 0 Å². The number of fused-ring (bicyclic) bond motifs is 1. The maximum atomic E-state index is 6.33. The molecule has 1 saturated carbocycles. The molecule has 1 aliphatic rings. The van der Waals surface area contributed by atoms with E-state index in [-0.39, 0.29) is 5.38 Å². The number of hydrogen-bond acceptors (Lipinski definition) is 4. The van der Waals surface area contributed by atoms with Gasteiger partial charge in [0.15, 0.2) is 0 Å². The highest BCUT2D eigenvalue weighted by Crippen LogP contribution is 2.25. The van der Waals surface area contributed by atoms with Crippen LogP contribution in [0.2, 0.25) is 0 Å². The van der Waals surface area contributed by atoms with Gasteiger partial charge in [0.2, 0.25) is 0 Å². The van der Waals surface area contributed by atoms with Gasteiger partial charge >= 0.3 is 0 Å². The van der Waals surface area contributed by atoms with Crippen LogP contribution >= 0.6 is 11.6 Å². The molecule has 2 aromatic rings. The molecule has 1 fully saturated rings. The molecular weight excluding hydrogens is 238 g/mol. The molecule has 2 heterocycles. The molecule has 17 heavy (non-hydrogen) atoms. The molecular formula is C11H14ClN5. The molecule has 1 aliphatic carbocycles. The SMILES string of the molecule is ClC1CCCCC1Nc1ccnc2ncnn12. The van der Waals surface area contributed by atoms with E-state index in [1.165, 1.54) is 19.2 Å². The first kappa shape index (κ1) is 10.8. The van der Waals surface area contributed by atoms with E-state index in [4.69, 9.17) is 11.6 Å². The number of hydrogen-bond donors (Lipinski definition) is 1. The Kier molecular flexibility index (Phi) is 2.84. The van der Waals surface area contributed by atoms with Gasteiger partial charge in [0, 0.05) is 12.2 Å². The number of anilines is 1. The van der Waals surface area contributed by atoms with Gasteiger partial charge in [-0.3, -0.25) is 0 Å². The molecule has 2 aromatic heterocycles. The van der Waals surface area contributed by atoms with Crippen molar-refractivity contribution in [1.82, 2.24) is 19.6 Å². The molecule has 0 aromatic carbocycles. The Bertz CT molecular complexity index is 511. The lowest BCUT2D eigenvalue weighted by Crippen LogP contribution is -2.33. The zero-order chi connectivity index (χ0) is 11.7. The molecule has 5 nitrogen and oxygen atoms in total. The lowest BCUT2D eigenvalue weighted by molar-refractivity contribution is 0.468. The third-order valence-electron chi connectivity index (χ3n) is 3.20. The van der Waals surface area contributed by atoms with Crippen LogP contribution in [0.3, 0.4) is 0 Å². The van der Waals surface area contributed by atoms with Crippen LogP contribution in [0.25, 0.3) is 5.78 Å². The van der Waals surface area contributed by atoms with Crippen LogP contribution in [-0.4, -0.2) is 31.0 Å². The quantitative estimate of drug-likeness (QED) is 0.831. The van der Waals surface area contributed by atoms with Crippen molar-refractivity contribution in [1.29, 1.82) is 0 Å². The van der Waals surface area contributed by atoms with Crippen molar-refractivity contribution in [2.75, 3.05) is 5.32 Å². The van der Waals surface area contributed by atoms with Crippen LogP contribution in [-0.2, 0) is 0 Å². The summed E-state index contributed by atoms with van der Waals surface area (Å²) in [5, 5.41) is 7.79. The second-order valence-electron chi connectivity index (χ2n) is 4.35. The van der Waals surface area contributed by atoms with Gasteiger partial charge in [0.1, 0.15) is 12.1 Å². The van der Waals surface area contributed by atoms with Gasteiger partial charge < -0.3 is 5.32 Å². The highest BCUT2D eigenvalue weighted by Gasteiger charge is 2.23. The number of rotatable bonds is 2. The van der Waals surface area contributed by atoms with E-state index in [2.05, 4.69) is 20.4 Å². The Morgan fingerprint density at radius 2 is 2.18 bits per heavy atom. The normalized spacial score (nSPS) is 25.0. The van der Waals surface area contributed by atoms with Crippen LogP contribution in [0, 0.1) is 0 Å². The maximum Gasteiger partial charge on any atom is 0.254 e. The molecule has 0 saturated heterocycles. The molecule has 1 N–H and O–H groups in total. The number of nitrogens with zero attached hydrogens (tertiary/aromatic N) is 4. The summed E-state index contributed by atoms with van der Waals surface area (Å²) in [7, 11) is 0. The van der Waals surface area contributed by atoms with Crippen LogP contribution in [0.5, 0.6) is 0 Å². The van der Waals surface area contributed by atoms with Crippen molar-refractivity contribution in [3.8, 4) is 0 Å². The third-order valence-corrected chi connectivity index (χ3v) is 3.72. The average molecular weight is 252 g/mol. The van der Waals surface area contributed by atoms with Gasteiger partial charge in [-0.05, 0) is 18.9 Å². The fourth-order valence-electron chi connectivity index (χ4n) is 2.29. The van der Waals surface area contributed by atoms with Crippen molar-refractivity contribution >= 4 is 23.2 Å². The van der Waals surface area contributed by atoms with Crippen molar-refractivity contribution in [3.05, 3.63) is 18.6 Å². The molecule has 0 spiro atoms. The van der Waals surface area contributed by atoms with Crippen molar-refractivity contribution in [2.24, 2.45) is 0 Å². The molecule has 3 rings (SSSR count). The molecule has 6 heteroatoms. The van der Waals surface area contributed by atoms with Crippen LogP contribution in [0.1, 0.15) is 25.7 Å². The summed E-state index contributed by atoms with van der Waals surface area (Å²) in [5.74, 6) is 1.52. The monoisotopic (exact) mass is 251 g/mol. The average Bonchev–Trinajstić information content (AvgIpc) is 2.81. The van der Waals surface area contributed by atoms with E-state index in [0.717, 1.165) is 18.7 Å². The fourth-order valence-corrected chi connectivity index (χ4v) is 2.63. The Balaban J connectivity index is 1.86. The molecule has 0 radical (unpaired) electrons. The molecule has 0 aliphatic heterocycles. The summed E-state index contributed by atoms with van der Waals surface area (Å²) < 4.78 is 1.71. The zero-order valence-corrected chi connectivity index (χ0v) is 10.1. The number of aromatic nitrogens is 4. The van der Waals surface area contributed by atoms with Gasteiger partial charge in [-0.1, -0.05) is 12.8 Å². The zero-order valence-electron chi connectivity index (χ0n) is 9.38.